The lowest BCUT2D eigenvalue weighted by molar-refractivity contribution is -0.133. The van der Waals surface area contributed by atoms with Gasteiger partial charge >= 0.3 is 14.3 Å². The van der Waals surface area contributed by atoms with Crippen LogP contribution in [0.15, 0.2) is 48.5 Å². The van der Waals surface area contributed by atoms with E-state index in [9.17, 15) is 38.8 Å². The Morgan fingerprint density at radius 1 is 0.729 bits per heavy atom. The molecule has 3 aromatic rings. The number of unbranched alkanes of at least 4 members (excludes halogenated alkanes) is 8. The standard InChI is InChI=1S/C50H73N8O11P/c59-35-37-32-39(69-70(66)67)34-57(37)47(64)24-8-3-14-27-51-44(61)21-5-1-15-28-53-50(65)68-43-31-36-17-9-10-18-40(36)48-49(42-20-12-11-19-41(42)43)58(55-54-48)29-16-4-6-22-45(62)52-26-13-2-7-23-46(63)56-30-25-38(60)33-56/h9-12,17-20,37-39,43,59-60,70H,1-8,13-16,21-35H2,(H,51,61)(H,52,62)(H,53,65)(H,66,67)/t37?,38-,39?,43?/m1/s1. The molecule has 20 heteroatoms. The van der Waals surface area contributed by atoms with Crippen LogP contribution in [0.5, 0.6) is 0 Å². The topological polar surface area (TPSA) is 255 Å². The highest BCUT2D eigenvalue weighted by Crippen LogP contribution is 2.42. The zero-order chi connectivity index (χ0) is 49.7. The molecule has 5 atom stereocenters. The van der Waals surface area contributed by atoms with E-state index in [2.05, 4.69) is 26.3 Å². The molecule has 6 N–H and O–H groups in total. The summed E-state index contributed by atoms with van der Waals surface area (Å²) in [5.41, 5.74) is 5.29. The van der Waals surface area contributed by atoms with Gasteiger partial charge in [0.15, 0.2) is 0 Å². The number of ether oxygens (including phenoxy) is 1. The highest BCUT2D eigenvalue weighted by Gasteiger charge is 2.36. The molecule has 2 aromatic carbocycles. The Bertz CT molecular complexity index is 2210. The van der Waals surface area contributed by atoms with Crippen LogP contribution in [0.3, 0.4) is 0 Å². The number of amides is 5. The first kappa shape index (κ1) is 54.1. The van der Waals surface area contributed by atoms with Gasteiger partial charge in [0.2, 0.25) is 23.6 Å². The minimum Gasteiger partial charge on any atom is -0.441 e. The summed E-state index contributed by atoms with van der Waals surface area (Å²) in [5, 5.41) is 37.4. The minimum absolute atomic E-state index is 0.0230. The molecule has 4 unspecified atom stereocenters. The van der Waals surface area contributed by atoms with E-state index in [1.807, 2.05) is 53.2 Å². The van der Waals surface area contributed by atoms with Crippen molar-refractivity contribution in [1.29, 1.82) is 0 Å². The maximum absolute atomic E-state index is 13.3. The Morgan fingerprint density at radius 3 is 2.00 bits per heavy atom. The molecule has 2 saturated heterocycles. The molecule has 70 heavy (non-hydrogen) atoms. The maximum Gasteiger partial charge on any atom is 0.407 e. The lowest BCUT2D eigenvalue weighted by Gasteiger charge is -2.25. The fourth-order valence-electron chi connectivity index (χ4n) is 9.57. The van der Waals surface area contributed by atoms with Crippen molar-refractivity contribution in [2.45, 2.75) is 153 Å². The van der Waals surface area contributed by atoms with Crippen molar-refractivity contribution in [3.8, 4) is 22.5 Å². The fraction of sp³-hybridized carbons (Fsp3) is 0.620. The van der Waals surface area contributed by atoms with Crippen molar-refractivity contribution < 1.29 is 52.9 Å². The van der Waals surface area contributed by atoms with Gasteiger partial charge in [-0.2, -0.15) is 0 Å². The number of fused-ring (bicyclic) bond motifs is 5. The molecular weight excluding hydrogens is 920 g/mol. The van der Waals surface area contributed by atoms with E-state index in [0.29, 0.717) is 97.1 Å². The molecular formula is C50H73N8O11P. The summed E-state index contributed by atoms with van der Waals surface area (Å²) < 4.78 is 24.1. The molecule has 5 amide bonds. The normalized spacial score (nSPS) is 18.8. The summed E-state index contributed by atoms with van der Waals surface area (Å²) in [4.78, 5) is 75.5. The van der Waals surface area contributed by atoms with E-state index < -0.39 is 38.7 Å². The van der Waals surface area contributed by atoms with E-state index in [0.717, 1.165) is 91.4 Å². The smallest absolute Gasteiger partial charge is 0.407 e. The predicted octanol–water partition coefficient (Wildman–Crippen LogP) is 5.36. The number of hydrogen-bond acceptors (Lipinski definition) is 12. The quantitative estimate of drug-likeness (QED) is 0.0396. The number of carbonyl (C=O) groups is 5. The van der Waals surface area contributed by atoms with Crippen molar-refractivity contribution in [1.82, 2.24) is 40.7 Å². The SMILES string of the molecule is O=C(CCCCCNC(=O)OC1Cc2ccccc2-c2nnn(CCCCCC(=O)NCCCCCC(=O)N3CC[C@@H](O)C3)c2-c2ccccc21)NCCCCCC(=O)N1CC(O[PH](=O)O)CC1CO. The molecule has 384 valence electrons. The van der Waals surface area contributed by atoms with Crippen LogP contribution in [-0.4, -0.2) is 134 Å². The highest BCUT2D eigenvalue weighted by atomic mass is 31.1. The van der Waals surface area contributed by atoms with E-state index in [-0.39, 0.29) is 43.2 Å². The van der Waals surface area contributed by atoms with Crippen molar-refractivity contribution in [3.05, 3.63) is 59.7 Å². The average molecular weight is 993 g/mol. The second kappa shape index (κ2) is 28.6. The lowest BCUT2D eigenvalue weighted by Crippen LogP contribution is -2.37. The van der Waals surface area contributed by atoms with Crippen LogP contribution < -0.4 is 16.0 Å². The molecule has 3 aliphatic rings. The van der Waals surface area contributed by atoms with Gasteiger partial charge in [-0.1, -0.05) is 79.4 Å². The number of likely N-dealkylation sites (tertiary alicyclic amines) is 2. The first-order valence-electron chi connectivity index (χ1n) is 25.3. The zero-order valence-corrected chi connectivity index (χ0v) is 41.4. The van der Waals surface area contributed by atoms with E-state index >= 15 is 0 Å². The first-order valence-corrected chi connectivity index (χ1v) is 26.6. The Balaban J connectivity index is 0.868. The van der Waals surface area contributed by atoms with Crippen LogP contribution in [0.1, 0.15) is 133 Å². The molecule has 1 aromatic heterocycles. The number of carbonyl (C=O) groups excluding carboxylic acids is 5. The molecule has 19 nitrogen and oxygen atoms in total. The van der Waals surface area contributed by atoms with E-state index in [4.69, 9.17) is 14.2 Å². The molecule has 0 spiro atoms. The van der Waals surface area contributed by atoms with Crippen LogP contribution in [0.2, 0.25) is 0 Å². The molecule has 0 bridgehead atoms. The number of rotatable bonds is 28. The van der Waals surface area contributed by atoms with Gasteiger partial charge in [0, 0.05) is 94.6 Å². The van der Waals surface area contributed by atoms with Crippen molar-refractivity contribution in [3.63, 3.8) is 0 Å². The number of aliphatic hydroxyl groups excluding tert-OH is 2. The average Bonchev–Trinajstić information content (AvgIpc) is 4.09. The van der Waals surface area contributed by atoms with Gasteiger partial charge in [0.1, 0.15) is 11.8 Å². The number of alkyl carbamates (subject to hydrolysis) is 1. The molecule has 2 aliphatic heterocycles. The maximum atomic E-state index is 13.3. The monoisotopic (exact) mass is 993 g/mol. The van der Waals surface area contributed by atoms with Gasteiger partial charge in [0.25, 0.3) is 0 Å². The van der Waals surface area contributed by atoms with Gasteiger partial charge in [-0.3, -0.25) is 23.7 Å². The summed E-state index contributed by atoms with van der Waals surface area (Å²) in [6.07, 6.45) is 9.90. The van der Waals surface area contributed by atoms with Crippen LogP contribution in [-0.2, 0) is 46.0 Å². The van der Waals surface area contributed by atoms with Crippen molar-refractivity contribution >= 4 is 38.0 Å². The molecule has 0 radical (unpaired) electrons. The number of aliphatic hydroxyl groups is 2. The van der Waals surface area contributed by atoms with Gasteiger partial charge in [-0.05, 0) is 69.8 Å². The number of β-amino-alcohol motifs (C(OH)–C–C–N with tert-alkyl or cyclic N) is 1. The second-order valence-electron chi connectivity index (χ2n) is 18.6. The van der Waals surface area contributed by atoms with Crippen LogP contribution in [0.4, 0.5) is 4.79 Å². The predicted molar refractivity (Wildman–Crippen MR) is 262 cm³/mol. The Hall–Kier alpha value is -5.20. The third kappa shape index (κ3) is 16.7. The molecule has 3 heterocycles. The number of hydrogen-bond donors (Lipinski definition) is 6. The van der Waals surface area contributed by atoms with E-state index in [1.54, 1.807) is 4.90 Å². The largest absolute Gasteiger partial charge is 0.441 e. The number of nitrogens with one attached hydrogen (secondary N) is 3. The number of aromatic nitrogens is 3. The van der Waals surface area contributed by atoms with Gasteiger partial charge in [-0.25, -0.2) is 9.48 Å². The lowest BCUT2D eigenvalue weighted by atomic mass is 9.87. The van der Waals surface area contributed by atoms with Gasteiger partial charge in [0.05, 0.1) is 30.6 Å². The Kier molecular flexibility index (Phi) is 22.1. The van der Waals surface area contributed by atoms with Crippen molar-refractivity contribution in [2.75, 3.05) is 45.9 Å². The number of benzene rings is 2. The van der Waals surface area contributed by atoms with Crippen LogP contribution >= 0.6 is 8.25 Å². The third-order valence-corrected chi connectivity index (χ3v) is 13.9. The zero-order valence-electron chi connectivity index (χ0n) is 40.4. The van der Waals surface area contributed by atoms with Crippen LogP contribution in [0.25, 0.3) is 22.5 Å². The fourth-order valence-corrected chi connectivity index (χ4v) is 10.0. The van der Waals surface area contributed by atoms with Crippen LogP contribution in [0, 0.1) is 0 Å². The summed E-state index contributed by atoms with van der Waals surface area (Å²) in [6.45, 7) is 3.10. The third-order valence-electron chi connectivity index (χ3n) is 13.3. The molecule has 6 rings (SSSR count). The first-order chi connectivity index (χ1) is 34.0. The second-order valence-corrected chi connectivity index (χ2v) is 19.4. The van der Waals surface area contributed by atoms with Gasteiger partial charge < -0.3 is 50.1 Å². The number of aryl methyl sites for hydroxylation is 1. The summed E-state index contributed by atoms with van der Waals surface area (Å²) in [7, 11) is -3.12. The summed E-state index contributed by atoms with van der Waals surface area (Å²) >= 11 is 0. The molecule has 1 aliphatic carbocycles. The summed E-state index contributed by atoms with van der Waals surface area (Å²) in [5.74, 6) is -0.0549. The minimum atomic E-state index is -3.12. The van der Waals surface area contributed by atoms with Gasteiger partial charge in [-0.15, -0.1) is 5.10 Å². The van der Waals surface area contributed by atoms with Crippen molar-refractivity contribution in [2.24, 2.45) is 0 Å². The highest BCUT2D eigenvalue weighted by molar-refractivity contribution is 7.32. The van der Waals surface area contributed by atoms with E-state index in [1.165, 1.54) is 4.90 Å². The number of nitrogens with zero attached hydrogens (tertiary/aromatic N) is 5. The molecule has 0 saturated carbocycles. The Morgan fingerprint density at radius 2 is 1.34 bits per heavy atom. The summed E-state index contributed by atoms with van der Waals surface area (Å²) in [6, 6.07) is 15.4. The Labute approximate surface area is 411 Å². The molecule has 2 fully saturated rings.